The van der Waals surface area contributed by atoms with Gasteiger partial charge in [0.15, 0.2) is 12.4 Å². The van der Waals surface area contributed by atoms with Gasteiger partial charge in [0.2, 0.25) is 12.3 Å². The fourth-order valence-electron chi connectivity index (χ4n) is 7.92. The van der Waals surface area contributed by atoms with Crippen molar-refractivity contribution in [2.75, 3.05) is 20.4 Å². The lowest BCUT2D eigenvalue weighted by Crippen LogP contribution is -2.48. The second-order valence-electron chi connectivity index (χ2n) is 17.8. The number of ether oxygens (including phenoxy) is 4. The van der Waals surface area contributed by atoms with E-state index in [1.54, 1.807) is 84.9 Å². The Kier molecular flexibility index (Phi) is 25.3. The molecule has 5 aromatic carbocycles. The van der Waals surface area contributed by atoms with Gasteiger partial charge in [0, 0.05) is 11.1 Å². The van der Waals surface area contributed by atoms with Crippen LogP contribution in [-0.2, 0) is 62.8 Å². The fourth-order valence-corrected chi connectivity index (χ4v) is 7.92. The summed E-state index contributed by atoms with van der Waals surface area (Å²) in [6.45, 7) is 2.80. The van der Waals surface area contributed by atoms with Crippen molar-refractivity contribution in [3.05, 3.63) is 185 Å². The Morgan fingerprint density at radius 2 is 1.30 bits per heavy atom. The minimum Gasteiger partial charge on any atom is -0.481 e. The second kappa shape index (κ2) is 33.0. The number of amides is 4. The van der Waals surface area contributed by atoms with Crippen LogP contribution in [-0.4, -0.2) is 96.9 Å². The Morgan fingerprint density at radius 3 is 1.88 bits per heavy atom. The molecule has 4 amide bonds. The van der Waals surface area contributed by atoms with Crippen molar-refractivity contribution in [2.45, 2.75) is 84.3 Å². The van der Waals surface area contributed by atoms with E-state index in [1.165, 1.54) is 55.6 Å². The number of carboxylic acid groups (broad SMARTS) is 1. The van der Waals surface area contributed by atoms with Gasteiger partial charge in [-0.2, -0.15) is 0 Å². The first-order valence-electron chi connectivity index (χ1n) is 25.7. The summed E-state index contributed by atoms with van der Waals surface area (Å²) in [5.41, 5.74) is 2.85. The van der Waals surface area contributed by atoms with E-state index in [4.69, 9.17) is 33.3 Å². The smallest absolute Gasteiger partial charge is 0.344 e. The van der Waals surface area contributed by atoms with Gasteiger partial charge in [-0.05, 0) is 65.9 Å². The lowest BCUT2D eigenvalue weighted by atomic mass is 9.90. The molecule has 20 heteroatoms. The van der Waals surface area contributed by atoms with Gasteiger partial charge >= 0.3 is 23.9 Å². The van der Waals surface area contributed by atoms with Gasteiger partial charge in [-0.3, -0.25) is 33.6 Å². The Hall–Kier alpha value is -9.43. The number of aldehydes is 1. The van der Waals surface area contributed by atoms with Crippen LogP contribution in [0, 0.1) is 5.92 Å². The summed E-state index contributed by atoms with van der Waals surface area (Å²) in [5, 5.41) is 17.5. The monoisotopic (exact) mass is 1100 g/mol. The van der Waals surface area contributed by atoms with Crippen LogP contribution in [0.15, 0.2) is 150 Å². The molecule has 1 aromatic heterocycles. The summed E-state index contributed by atoms with van der Waals surface area (Å²) in [6, 6.07) is 37.8. The molecule has 0 spiro atoms. The molecule has 80 heavy (non-hydrogen) atoms. The van der Waals surface area contributed by atoms with Crippen LogP contribution in [0.4, 0.5) is 0 Å². The molecule has 3 unspecified atom stereocenters. The number of carbonyl (C=O) groups excluding carboxylic acids is 8. The predicted molar refractivity (Wildman–Crippen MR) is 290 cm³/mol. The molecule has 0 aliphatic rings. The van der Waals surface area contributed by atoms with Gasteiger partial charge in [0.1, 0.15) is 43.7 Å². The van der Waals surface area contributed by atoms with Crippen LogP contribution >= 0.6 is 0 Å². The van der Waals surface area contributed by atoms with E-state index in [-0.39, 0.29) is 60.8 Å². The normalized spacial score (nSPS) is 11.6. The zero-order valence-corrected chi connectivity index (χ0v) is 44.5. The molecule has 0 fully saturated rings. The number of esters is 3. The van der Waals surface area contributed by atoms with Gasteiger partial charge in [-0.15, -0.1) is 0 Å². The van der Waals surface area contributed by atoms with Crippen LogP contribution in [0.1, 0.15) is 111 Å². The number of furan rings is 1. The molecule has 4 N–H and O–H groups in total. The minimum atomic E-state index is -1.50. The van der Waals surface area contributed by atoms with E-state index in [2.05, 4.69) is 16.0 Å². The van der Waals surface area contributed by atoms with E-state index in [9.17, 15) is 43.2 Å². The highest BCUT2D eigenvalue weighted by molar-refractivity contribution is 6.00. The molecular weight excluding hydrogens is 1030 g/mol. The van der Waals surface area contributed by atoms with Crippen molar-refractivity contribution in [1.29, 1.82) is 0 Å². The van der Waals surface area contributed by atoms with Crippen molar-refractivity contribution in [3.8, 4) is 17.1 Å². The maximum atomic E-state index is 14.1. The maximum absolute atomic E-state index is 14.1. The van der Waals surface area contributed by atoms with Crippen LogP contribution < -0.4 is 20.7 Å². The maximum Gasteiger partial charge on any atom is 0.344 e. The lowest BCUT2D eigenvalue weighted by Gasteiger charge is -2.31. The first-order chi connectivity index (χ1) is 38.8. The zero-order chi connectivity index (χ0) is 57.7. The predicted octanol–water partition coefficient (Wildman–Crippen LogP) is 8.04. The summed E-state index contributed by atoms with van der Waals surface area (Å²) in [7, 11) is 1.36. The quantitative estimate of drug-likeness (QED) is 0.00829. The third-order valence-corrected chi connectivity index (χ3v) is 12.1. The number of hydrogen-bond donors (Lipinski definition) is 4. The van der Waals surface area contributed by atoms with Crippen molar-refractivity contribution in [1.82, 2.24) is 21.0 Å². The molecule has 6 rings (SSSR count). The molecule has 0 saturated heterocycles. The molecule has 1 heterocycles. The number of hydrogen-bond acceptors (Lipinski definition) is 15. The van der Waals surface area contributed by atoms with E-state index in [1.807, 2.05) is 26.0 Å². The number of nitrogens with one attached hydrogen (secondary N) is 3. The van der Waals surface area contributed by atoms with Crippen LogP contribution in [0.25, 0.3) is 11.3 Å². The number of nitrogens with zero attached hydrogens (tertiary/aromatic N) is 1. The van der Waals surface area contributed by atoms with Gasteiger partial charge in [-0.1, -0.05) is 142 Å². The van der Waals surface area contributed by atoms with E-state index >= 15 is 0 Å². The number of carboxylic acids is 1. The summed E-state index contributed by atoms with van der Waals surface area (Å²) in [5.74, 6) is -5.97. The number of carbonyl (C=O) groups is 9. The molecule has 0 aliphatic carbocycles. The standard InChI is InChI=1S/C52H58N4O13.C8H6O3/c1-4-6-10-23-40(43(5-2)56(35-57)64-3)49(60)53-34-54-51(62)45-27-26-44(69-45)39-24-25-41(46(28-39)65-33-48(59)67-31-37-19-13-8-14-20-37)50(61)55-42(52(63)68-32-38-21-15-9-16-22-38)29-47(58)66-30-36-17-11-7-12-18-36;9-5-6-2-1-3-7(4-6)8(10)11/h7-9,11-22,24-28,35,40,42-43H,4-6,10,23,29-34H2,1-3H3,(H,53,60)(H,54,62)(H,55,61);1-5H,(H,10,11). The van der Waals surface area contributed by atoms with Crippen molar-refractivity contribution < 1.29 is 76.5 Å². The Labute approximate surface area is 462 Å². The SMILES string of the molecule is CCCCCC(C(=O)NCNC(=O)c1ccc(-c2ccc(C(=O)NC(CC(=O)OCc3ccccc3)C(=O)OCc3ccccc3)c(OCC(=O)OCc3ccccc3)c2)o1)C(CC)N(C=O)OC.O=Cc1cccc(C(=O)O)c1. The average molecular weight is 1100 g/mol. The van der Waals surface area contributed by atoms with E-state index in [0.29, 0.717) is 42.2 Å². The van der Waals surface area contributed by atoms with Crippen LogP contribution in [0.2, 0.25) is 0 Å². The zero-order valence-electron chi connectivity index (χ0n) is 44.5. The molecule has 0 bridgehead atoms. The number of aromatic carboxylic acids is 1. The Morgan fingerprint density at radius 1 is 0.675 bits per heavy atom. The Bertz CT molecular complexity index is 2990. The molecule has 6 aromatic rings. The van der Waals surface area contributed by atoms with Gasteiger partial charge < -0.3 is 44.4 Å². The minimum absolute atomic E-state index is 0.0319. The third-order valence-electron chi connectivity index (χ3n) is 12.1. The summed E-state index contributed by atoms with van der Waals surface area (Å²) in [4.78, 5) is 118. The molecular formula is C60H64N4O16. The molecule has 0 saturated carbocycles. The molecule has 20 nitrogen and oxygen atoms in total. The summed E-state index contributed by atoms with van der Waals surface area (Å²) >= 11 is 0. The topological polar surface area (TPSA) is 272 Å². The summed E-state index contributed by atoms with van der Waals surface area (Å²) < 4.78 is 28.1. The van der Waals surface area contributed by atoms with E-state index < -0.39 is 66.7 Å². The number of benzene rings is 5. The molecule has 3 atom stereocenters. The van der Waals surface area contributed by atoms with Crippen LogP contribution in [0.5, 0.6) is 5.75 Å². The number of hydroxylamine groups is 2. The highest BCUT2D eigenvalue weighted by atomic mass is 16.7. The third kappa shape index (κ3) is 19.9. The van der Waals surface area contributed by atoms with Gasteiger partial charge in [0.05, 0.1) is 43.3 Å². The lowest BCUT2D eigenvalue weighted by molar-refractivity contribution is -0.182. The Balaban J connectivity index is 0.000000951. The fraction of sp³-hybridized carbons (Fsp3) is 0.283. The number of unbranched alkanes of at least 4 members (excludes halogenated alkanes) is 2. The second-order valence-corrected chi connectivity index (χ2v) is 17.8. The highest BCUT2D eigenvalue weighted by Crippen LogP contribution is 2.30. The first kappa shape index (κ1) is 61.4. The van der Waals surface area contributed by atoms with Crippen molar-refractivity contribution in [3.63, 3.8) is 0 Å². The molecule has 0 aliphatic heterocycles. The number of rotatable bonds is 30. The van der Waals surface area contributed by atoms with Gasteiger partial charge in [-0.25, -0.2) is 19.4 Å². The van der Waals surface area contributed by atoms with Crippen LogP contribution in [0.3, 0.4) is 0 Å². The molecule has 420 valence electrons. The first-order valence-corrected chi connectivity index (χ1v) is 25.7. The van der Waals surface area contributed by atoms with Crippen molar-refractivity contribution in [2.24, 2.45) is 5.92 Å². The highest BCUT2D eigenvalue weighted by Gasteiger charge is 2.32. The molecule has 0 radical (unpaired) electrons. The summed E-state index contributed by atoms with van der Waals surface area (Å²) in [6.07, 6.45) is 4.16. The van der Waals surface area contributed by atoms with Crippen molar-refractivity contribution >= 4 is 54.3 Å². The average Bonchev–Trinajstić information content (AvgIpc) is 4.03. The van der Waals surface area contributed by atoms with Gasteiger partial charge in [0.25, 0.3) is 11.8 Å². The van der Waals surface area contributed by atoms with E-state index in [0.717, 1.165) is 35.5 Å². The largest absolute Gasteiger partial charge is 0.481 e.